The van der Waals surface area contributed by atoms with Gasteiger partial charge in [0.1, 0.15) is 18.1 Å². The van der Waals surface area contributed by atoms with Gasteiger partial charge in [-0.25, -0.2) is 4.72 Å². The minimum atomic E-state index is -3.39. The second-order valence-electron chi connectivity index (χ2n) is 9.24. The number of halogens is 3. The fraction of sp³-hybridized carbons (Fsp3) is 0.233. The summed E-state index contributed by atoms with van der Waals surface area (Å²) in [4.78, 5) is 12.4. The van der Waals surface area contributed by atoms with Crippen molar-refractivity contribution in [2.45, 2.75) is 48.6 Å². The molecule has 3 nitrogen and oxygen atoms in total. The minimum Gasteiger partial charge on any atom is -0.490 e. The molecule has 0 saturated heterocycles. The number of nitrogens with one attached hydrogen (secondary N) is 1. The third-order valence-corrected chi connectivity index (χ3v) is 7.78. The number of hydrogen-bond acceptors (Lipinski definition) is 4. The Morgan fingerprint density at radius 1 is 0.892 bits per heavy atom. The van der Waals surface area contributed by atoms with E-state index in [1.807, 2.05) is 48.5 Å². The van der Waals surface area contributed by atoms with E-state index in [9.17, 15) is 4.79 Å². The SMILES string of the molecule is O=CC(NSc1ccc2cc(OC3CCCC3)ccc2c1)C(F)(F)c1ccc(-c2ccc(Cl)cc2)cc1. The predicted molar refractivity (Wildman–Crippen MR) is 146 cm³/mol. The molecule has 7 heteroatoms. The van der Waals surface area contributed by atoms with E-state index in [0.717, 1.165) is 57.3 Å². The summed E-state index contributed by atoms with van der Waals surface area (Å²) < 4.78 is 39.2. The minimum absolute atomic E-state index is 0.233. The highest BCUT2D eigenvalue weighted by atomic mass is 35.5. The number of carbonyl (C=O) groups is 1. The van der Waals surface area contributed by atoms with Crippen LogP contribution >= 0.6 is 23.5 Å². The molecule has 0 radical (unpaired) electrons. The lowest BCUT2D eigenvalue weighted by Crippen LogP contribution is -2.41. The molecule has 5 rings (SSSR count). The average molecular weight is 538 g/mol. The molecule has 0 aromatic heterocycles. The van der Waals surface area contributed by atoms with Crippen LogP contribution in [0.15, 0.2) is 89.8 Å². The summed E-state index contributed by atoms with van der Waals surface area (Å²) in [5.74, 6) is -2.54. The van der Waals surface area contributed by atoms with Crippen LogP contribution in [0, 0.1) is 0 Å². The quantitative estimate of drug-likeness (QED) is 0.172. The van der Waals surface area contributed by atoms with Crippen LogP contribution in [0.5, 0.6) is 5.75 Å². The molecule has 4 aromatic rings. The van der Waals surface area contributed by atoms with Gasteiger partial charge in [0.25, 0.3) is 5.92 Å². The molecule has 0 bridgehead atoms. The van der Waals surface area contributed by atoms with Crippen molar-refractivity contribution in [3.63, 3.8) is 0 Å². The van der Waals surface area contributed by atoms with Crippen molar-refractivity contribution in [2.75, 3.05) is 0 Å². The zero-order valence-electron chi connectivity index (χ0n) is 20.0. The van der Waals surface area contributed by atoms with E-state index in [0.29, 0.717) is 5.02 Å². The van der Waals surface area contributed by atoms with Gasteiger partial charge in [-0.1, -0.05) is 60.1 Å². The van der Waals surface area contributed by atoms with Crippen molar-refractivity contribution in [3.05, 3.63) is 95.5 Å². The van der Waals surface area contributed by atoms with Crippen molar-refractivity contribution in [2.24, 2.45) is 0 Å². The molecule has 1 N–H and O–H groups in total. The summed E-state index contributed by atoms with van der Waals surface area (Å²) in [7, 11) is 0. The first-order valence-electron chi connectivity index (χ1n) is 12.2. The normalized spacial score (nSPS) is 15.1. The summed E-state index contributed by atoms with van der Waals surface area (Å²) in [6, 6.07) is 23.0. The highest BCUT2D eigenvalue weighted by Gasteiger charge is 2.41. The lowest BCUT2D eigenvalue weighted by atomic mass is 9.98. The standard InChI is InChI=1S/C30H26ClF2NO2S/c31-25-13-7-21(8-14-25)20-5-11-24(12-6-20)30(32,33)29(19-35)34-37-28-16-10-22-17-27(15-9-23(22)18-28)36-26-3-1-2-4-26/h5-19,26,29,34H,1-4H2. The summed E-state index contributed by atoms with van der Waals surface area (Å²) in [5, 5.41) is 2.59. The van der Waals surface area contributed by atoms with E-state index in [1.165, 1.54) is 25.0 Å². The Morgan fingerprint density at radius 3 is 2.19 bits per heavy atom. The number of ether oxygens (including phenoxy) is 1. The maximum Gasteiger partial charge on any atom is 0.295 e. The average Bonchev–Trinajstić information content (AvgIpc) is 3.42. The number of benzene rings is 4. The highest BCUT2D eigenvalue weighted by molar-refractivity contribution is 7.97. The molecule has 37 heavy (non-hydrogen) atoms. The molecule has 1 saturated carbocycles. The highest BCUT2D eigenvalue weighted by Crippen LogP contribution is 2.35. The molecule has 1 unspecified atom stereocenters. The van der Waals surface area contributed by atoms with Crippen LogP contribution in [0.3, 0.4) is 0 Å². The zero-order chi connectivity index (χ0) is 25.8. The summed E-state index contributed by atoms with van der Waals surface area (Å²) in [6.07, 6.45) is 5.14. The molecule has 0 amide bonds. The van der Waals surface area contributed by atoms with Crippen molar-refractivity contribution in [1.29, 1.82) is 0 Å². The van der Waals surface area contributed by atoms with E-state index in [-0.39, 0.29) is 18.0 Å². The third kappa shape index (κ3) is 5.98. The third-order valence-electron chi connectivity index (χ3n) is 6.67. The molecule has 1 aliphatic carbocycles. The Labute approximate surface area is 224 Å². The summed E-state index contributed by atoms with van der Waals surface area (Å²) in [6.45, 7) is 0. The first-order valence-corrected chi connectivity index (χ1v) is 13.4. The second kappa shape index (κ2) is 11.2. The van der Waals surface area contributed by atoms with E-state index in [1.54, 1.807) is 24.3 Å². The first-order chi connectivity index (χ1) is 17.9. The zero-order valence-corrected chi connectivity index (χ0v) is 21.6. The molecule has 1 aliphatic rings. The molecule has 190 valence electrons. The second-order valence-corrected chi connectivity index (χ2v) is 10.6. The van der Waals surface area contributed by atoms with E-state index in [2.05, 4.69) is 4.72 Å². The van der Waals surface area contributed by atoms with Gasteiger partial charge in [0.15, 0.2) is 0 Å². The molecule has 0 spiro atoms. The monoisotopic (exact) mass is 537 g/mol. The molecule has 1 atom stereocenters. The van der Waals surface area contributed by atoms with Gasteiger partial charge in [-0.3, -0.25) is 0 Å². The van der Waals surface area contributed by atoms with Gasteiger partial charge in [-0.15, -0.1) is 0 Å². The van der Waals surface area contributed by atoms with Crippen molar-refractivity contribution < 1.29 is 18.3 Å². The van der Waals surface area contributed by atoms with Crippen LogP contribution in [0.1, 0.15) is 31.2 Å². The smallest absolute Gasteiger partial charge is 0.295 e. The lowest BCUT2D eigenvalue weighted by Gasteiger charge is -2.24. The topological polar surface area (TPSA) is 38.3 Å². The van der Waals surface area contributed by atoms with Crippen molar-refractivity contribution in [3.8, 4) is 16.9 Å². The van der Waals surface area contributed by atoms with Gasteiger partial charge >= 0.3 is 0 Å². The van der Waals surface area contributed by atoms with Crippen LogP contribution in [0.2, 0.25) is 5.02 Å². The Bertz CT molecular complexity index is 1370. The molecular weight excluding hydrogens is 512 g/mol. The van der Waals surface area contributed by atoms with E-state index in [4.69, 9.17) is 16.3 Å². The van der Waals surface area contributed by atoms with Crippen LogP contribution < -0.4 is 9.46 Å². The fourth-order valence-corrected chi connectivity index (χ4v) is 5.48. The number of fused-ring (bicyclic) bond motifs is 1. The number of hydrogen-bond donors (Lipinski definition) is 1. The Morgan fingerprint density at radius 2 is 1.51 bits per heavy atom. The van der Waals surface area contributed by atoms with Gasteiger partial charge in [0.2, 0.25) is 0 Å². The Hall–Kier alpha value is -2.93. The van der Waals surface area contributed by atoms with E-state index < -0.39 is 12.0 Å². The summed E-state index contributed by atoms with van der Waals surface area (Å²) >= 11 is 6.94. The van der Waals surface area contributed by atoms with Crippen molar-refractivity contribution in [1.82, 2.24) is 4.72 Å². The van der Waals surface area contributed by atoms with Crippen LogP contribution in [-0.2, 0) is 10.7 Å². The largest absolute Gasteiger partial charge is 0.490 e. The molecule has 1 fully saturated rings. The number of alkyl halides is 2. The van der Waals surface area contributed by atoms with Gasteiger partial charge < -0.3 is 9.53 Å². The van der Waals surface area contributed by atoms with Crippen molar-refractivity contribution >= 4 is 40.6 Å². The van der Waals surface area contributed by atoms with Crippen LogP contribution in [0.25, 0.3) is 21.9 Å². The molecule has 4 aromatic carbocycles. The van der Waals surface area contributed by atoms with Crippen LogP contribution in [-0.4, -0.2) is 18.4 Å². The number of carbonyl (C=O) groups excluding carboxylic acids is 1. The molecule has 0 heterocycles. The van der Waals surface area contributed by atoms with Gasteiger partial charge in [0, 0.05) is 15.5 Å². The lowest BCUT2D eigenvalue weighted by molar-refractivity contribution is -0.119. The van der Waals surface area contributed by atoms with Gasteiger partial charge in [0.05, 0.1) is 6.10 Å². The number of aldehydes is 1. The van der Waals surface area contributed by atoms with E-state index >= 15 is 8.78 Å². The van der Waals surface area contributed by atoms with Crippen LogP contribution in [0.4, 0.5) is 8.78 Å². The molecule has 0 aliphatic heterocycles. The molecular formula is C30H26ClF2NO2S. The Balaban J connectivity index is 1.25. The first kappa shape index (κ1) is 25.7. The van der Waals surface area contributed by atoms with Gasteiger partial charge in [-0.2, -0.15) is 8.78 Å². The maximum absolute atomic E-state index is 15.2. The fourth-order valence-electron chi connectivity index (χ4n) is 4.56. The Kier molecular flexibility index (Phi) is 7.79. The predicted octanol–water partition coefficient (Wildman–Crippen LogP) is 8.44. The maximum atomic E-state index is 15.2. The summed E-state index contributed by atoms with van der Waals surface area (Å²) in [5.41, 5.74) is 1.42. The number of rotatable bonds is 9. The van der Waals surface area contributed by atoms with Gasteiger partial charge in [-0.05, 0) is 95.9 Å².